The summed E-state index contributed by atoms with van der Waals surface area (Å²) in [5.41, 5.74) is 0. The van der Waals surface area contributed by atoms with Gasteiger partial charge in [0.1, 0.15) is 0 Å². The number of nitrogens with one attached hydrogen (secondary N) is 2. The largest absolute Gasteiger partial charge is 0.317 e. The Morgan fingerprint density at radius 1 is 0.688 bits per heavy atom. The van der Waals surface area contributed by atoms with E-state index < -0.39 is 0 Å². The predicted octanol–water partition coefficient (Wildman–Crippen LogP) is 2.70. The summed E-state index contributed by atoms with van der Waals surface area (Å²) in [4.78, 5) is 0. The Balaban J connectivity index is 0.000000963. The lowest BCUT2D eigenvalue weighted by atomic mass is 10.1. The molecule has 6 heteroatoms. The molecule has 0 aliphatic carbocycles. The Labute approximate surface area is 116 Å². The maximum Gasteiger partial charge on any atom is 0.0753 e. The molecule has 3 saturated heterocycles. The van der Waals surface area contributed by atoms with Crippen LogP contribution < -0.4 is 10.6 Å². The first-order valence-electron chi connectivity index (χ1n) is 5.81. The van der Waals surface area contributed by atoms with E-state index >= 15 is 0 Å². The topological polar surface area (TPSA) is 24.1 Å². The van der Waals surface area contributed by atoms with E-state index in [1.807, 2.05) is 0 Å². The minimum Gasteiger partial charge on any atom is -0.317 e. The number of thioether (sulfide) groups is 1. The van der Waals surface area contributed by atoms with Gasteiger partial charge in [-0.3, -0.25) is 0 Å². The third-order valence-corrected chi connectivity index (χ3v) is 10.3. The molecule has 0 aromatic heterocycles. The molecule has 3 fully saturated rings. The van der Waals surface area contributed by atoms with Crippen molar-refractivity contribution >= 4 is 45.8 Å². The molecule has 0 aromatic rings. The van der Waals surface area contributed by atoms with Crippen molar-refractivity contribution in [3.05, 3.63) is 0 Å². The monoisotopic (exact) mass is 298 g/mol. The number of rotatable bonds is 0. The molecular formula is C10H19ClN2S3. The summed E-state index contributed by atoms with van der Waals surface area (Å²) in [6, 6.07) is 0. The van der Waals surface area contributed by atoms with Crippen LogP contribution in [0.5, 0.6) is 0 Å². The molecule has 0 unspecified atom stereocenters. The fraction of sp³-hybridized carbons (Fsp3) is 1.00. The number of hydrogen-bond acceptors (Lipinski definition) is 5. The molecule has 0 atom stereocenters. The minimum atomic E-state index is 0. The third-order valence-electron chi connectivity index (χ3n) is 3.45. The van der Waals surface area contributed by atoms with Crippen molar-refractivity contribution in [2.75, 3.05) is 26.2 Å². The van der Waals surface area contributed by atoms with E-state index in [1.54, 1.807) is 0 Å². The molecule has 2 spiro atoms. The van der Waals surface area contributed by atoms with Crippen LogP contribution in [0.1, 0.15) is 25.7 Å². The fourth-order valence-electron chi connectivity index (χ4n) is 2.51. The minimum absolute atomic E-state index is 0. The van der Waals surface area contributed by atoms with Crippen LogP contribution in [0.3, 0.4) is 0 Å². The summed E-state index contributed by atoms with van der Waals surface area (Å²) >= 11 is 2.30. The number of hydrogen-bond donors (Lipinski definition) is 2. The van der Waals surface area contributed by atoms with Gasteiger partial charge in [0.25, 0.3) is 0 Å². The first kappa shape index (κ1) is 13.7. The van der Waals surface area contributed by atoms with E-state index in [-0.39, 0.29) is 12.4 Å². The molecule has 94 valence electrons. The Morgan fingerprint density at radius 2 is 1.06 bits per heavy atom. The van der Waals surface area contributed by atoms with Crippen molar-refractivity contribution < 1.29 is 0 Å². The molecule has 3 heterocycles. The maximum atomic E-state index is 3.48. The molecule has 0 radical (unpaired) electrons. The SMILES string of the molecule is C1CC2(CCN1)SSC1(CCNCC1)S2.Cl. The molecule has 2 N–H and O–H groups in total. The second-order valence-corrected chi connectivity index (χ2v) is 9.77. The van der Waals surface area contributed by atoms with E-state index in [4.69, 9.17) is 0 Å². The van der Waals surface area contributed by atoms with Gasteiger partial charge in [0, 0.05) is 0 Å². The van der Waals surface area contributed by atoms with Crippen LogP contribution in [-0.4, -0.2) is 34.3 Å². The van der Waals surface area contributed by atoms with Crippen LogP contribution in [0.4, 0.5) is 0 Å². The molecule has 3 rings (SSSR count). The summed E-state index contributed by atoms with van der Waals surface area (Å²) < 4.78 is 1.10. The molecule has 2 nitrogen and oxygen atoms in total. The van der Waals surface area contributed by atoms with Gasteiger partial charge in [-0.05, 0) is 51.9 Å². The Kier molecular flexibility index (Phi) is 4.70. The Morgan fingerprint density at radius 3 is 1.44 bits per heavy atom. The van der Waals surface area contributed by atoms with Gasteiger partial charge in [-0.1, -0.05) is 21.6 Å². The van der Waals surface area contributed by atoms with Crippen molar-refractivity contribution in [3.8, 4) is 0 Å². The molecule has 0 bridgehead atoms. The van der Waals surface area contributed by atoms with Crippen molar-refractivity contribution in [1.82, 2.24) is 10.6 Å². The van der Waals surface area contributed by atoms with Crippen LogP contribution in [0, 0.1) is 0 Å². The summed E-state index contributed by atoms with van der Waals surface area (Å²) in [5.74, 6) is 0. The van der Waals surface area contributed by atoms with Gasteiger partial charge in [-0.15, -0.1) is 24.2 Å². The average molecular weight is 299 g/mol. The zero-order valence-electron chi connectivity index (χ0n) is 9.29. The van der Waals surface area contributed by atoms with Gasteiger partial charge in [0.15, 0.2) is 0 Å². The second kappa shape index (κ2) is 5.49. The van der Waals surface area contributed by atoms with E-state index in [2.05, 4.69) is 44.0 Å². The molecule has 3 aliphatic rings. The lowest BCUT2D eigenvalue weighted by molar-refractivity contribution is 0.489. The Hall–Kier alpha value is 1.26. The second-order valence-electron chi connectivity index (χ2n) is 4.59. The van der Waals surface area contributed by atoms with Crippen molar-refractivity contribution in [3.63, 3.8) is 0 Å². The van der Waals surface area contributed by atoms with E-state index in [0.29, 0.717) is 8.16 Å². The van der Waals surface area contributed by atoms with Gasteiger partial charge >= 0.3 is 0 Å². The van der Waals surface area contributed by atoms with Gasteiger partial charge in [0.05, 0.1) is 8.16 Å². The molecule has 16 heavy (non-hydrogen) atoms. The predicted molar refractivity (Wildman–Crippen MR) is 79.7 cm³/mol. The van der Waals surface area contributed by atoms with Crippen LogP contribution in [0.2, 0.25) is 0 Å². The lowest BCUT2D eigenvalue weighted by Gasteiger charge is -2.36. The summed E-state index contributed by atoms with van der Waals surface area (Å²) in [7, 11) is 4.37. The standard InChI is InChI=1S/C10H18N2S3.ClH/c1-5-11-6-2-9(1)13-10(15-14-9)3-7-12-8-4-10;/h11-12H,1-8H2;1H. The highest BCUT2D eigenvalue weighted by atomic mass is 35.5. The molecule has 0 saturated carbocycles. The van der Waals surface area contributed by atoms with Gasteiger partial charge < -0.3 is 10.6 Å². The van der Waals surface area contributed by atoms with Gasteiger partial charge in [-0.25, -0.2) is 0 Å². The highest BCUT2D eigenvalue weighted by molar-refractivity contribution is 8.83. The average Bonchev–Trinajstić information content (AvgIpc) is 2.60. The lowest BCUT2D eigenvalue weighted by Crippen LogP contribution is -2.40. The zero-order valence-corrected chi connectivity index (χ0v) is 12.6. The summed E-state index contributed by atoms with van der Waals surface area (Å²) in [6.07, 6.45) is 5.41. The molecule has 0 aromatic carbocycles. The fourth-order valence-corrected chi connectivity index (χ4v) is 9.57. The van der Waals surface area contributed by atoms with Crippen LogP contribution in [-0.2, 0) is 0 Å². The van der Waals surface area contributed by atoms with Gasteiger partial charge in [0.2, 0.25) is 0 Å². The van der Waals surface area contributed by atoms with E-state index in [0.717, 1.165) is 0 Å². The highest BCUT2D eigenvalue weighted by Gasteiger charge is 2.51. The van der Waals surface area contributed by atoms with Crippen LogP contribution >= 0.6 is 45.8 Å². The molecule has 0 amide bonds. The molecule has 3 aliphatic heterocycles. The van der Waals surface area contributed by atoms with Crippen molar-refractivity contribution in [2.24, 2.45) is 0 Å². The zero-order chi connectivity index (χ0) is 10.2. The first-order valence-corrected chi connectivity index (χ1v) is 8.78. The highest BCUT2D eigenvalue weighted by Crippen LogP contribution is 2.69. The van der Waals surface area contributed by atoms with Crippen molar-refractivity contribution in [1.29, 1.82) is 0 Å². The smallest absolute Gasteiger partial charge is 0.0753 e. The Bertz CT molecular complexity index is 216. The third kappa shape index (κ3) is 2.64. The first-order chi connectivity index (χ1) is 7.33. The van der Waals surface area contributed by atoms with Crippen LogP contribution in [0.15, 0.2) is 0 Å². The number of piperidine rings is 2. The summed E-state index contributed by atoms with van der Waals surface area (Å²) in [6.45, 7) is 4.87. The van der Waals surface area contributed by atoms with Crippen LogP contribution in [0.25, 0.3) is 0 Å². The maximum absolute atomic E-state index is 3.48. The van der Waals surface area contributed by atoms with Crippen molar-refractivity contribution in [2.45, 2.75) is 33.8 Å². The van der Waals surface area contributed by atoms with Gasteiger partial charge in [-0.2, -0.15) is 0 Å². The van der Waals surface area contributed by atoms with E-state index in [1.165, 1.54) is 51.9 Å². The van der Waals surface area contributed by atoms with E-state index in [9.17, 15) is 0 Å². The normalized spacial score (nSPS) is 31.5. The quantitative estimate of drug-likeness (QED) is 0.670. The summed E-state index contributed by atoms with van der Waals surface area (Å²) in [5, 5.41) is 6.96. The number of halogens is 1. The molecular weight excluding hydrogens is 280 g/mol.